The molecule has 0 unspecified atom stereocenters. The molecule has 1 aliphatic rings. The van der Waals surface area contributed by atoms with Gasteiger partial charge in [-0.15, -0.1) is 0 Å². The van der Waals surface area contributed by atoms with Gasteiger partial charge >= 0.3 is 0 Å². The lowest BCUT2D eigenvalue weighted by molar-refractivity contribution is 0.0111. The van der Waals surface area contributed by atoms with E-state index in [-0.39, 0.29) is 5.91 Å². The summed E-state index contributed by atoms with van der Waals surface area (Å²) in [5.41, 5.74) is 0.627. The number of rotatable bonds is 6. The van der Waals surface area contributed by atoms with Crippen LogP contribution in [0.4, 0.5) is 0 Å². The molecular weight excluding hydrogens is 270 g/mol. The SMILES string of the molecule is CCOC[C@@H](O)CN1CCN(C(=O)c2cccnc2)CC1. The number of β-amino-alcohol motifs (C(OH)–C–C–N with tert-alkyl or cyclic N) is 1. The first kappa shape index (κ1) is 15.9. The molecule has 1 aliphatic heterocycles. The van der Waals surface area contributed by atoms with Crippen LogP contribution in [0.3, 0.4) is 0 Å². The lowest BCUT2D eigenvalue weighted by Crippen LogP contribution is -2.50. The van der Waals surface area contributed by atoms with E-state index in [1.165, 1.54) is 0 Å². The van der Waals surface area contributed by atoms with Crippen molar-refractivity contribution < 1.29 is 14.6 Å². The average Bonchev–Trinajstić information content (AvgIpc) is 2.54. The van der Waals surface area contributed by atoms with Gasteiger partial charge in [-0.3, -0.25) is 14.7 Å². The van der Waals surface area contributed by atoms with Crippen molar-refractivity contribution in [1.29, 1.82) is 0 Å². The quantitative estimate of drug-likeness (QED) is 0.814. The van der Waals surface area contributed by atoms with E-state index in [1.807, 2.05) is 11.8 Å². The molecule has 0 spiro atoms. The minimum atomic E-state index is -0.467. The first-order valence-corrected chi connectivity index (χ1v) is 7.38. The van der Waals surface area contributed by atoms with E-state index in [9.17, 15) is 9.90 Å². The summed E-state index contributed by atoms with van der Waals surface area (Å²) in [6, 6.07) is 3.56. The van der Waals surface area contributed by atoms with Gasteiger partial charge < -0.3 is 14.7 Å². The van der Waals surface area contributed by atoms with E-state index in [0.717, 1.165) is 13.1 Å². The number of aromatic nitrogens is 1. The number of carbonyl (C=O) groups is 1. The molecule has 0 saturated carbocycles. The van der Waals surface area contributed by atoms with Gasteiger partial charge in [0.05, 0.1) is 18.3 Å². The maximum atomic E-state index is 12.3. The fourth-order valence-corrected chi connectivity index (χ4v) is 2.41. The van der Waals surface area contributed by atoms with Crippen molar-refractivity contribution in [2.24, 2.45) is 0 Å². The number of hydrogen-bond donors (Lipinski definition) is 1. The van der Waals surface area contributed by atoms with Crippen LogP contribution < -0.4 is 0 Å². The van der Waals surface area contributed by atoms with E-state index >= 15 is 0 Å². The molecule has 2 rings (SSSR count). The van der Waals surface area contributed by atoms with Crippen molar-refractivity contribution >= 4 is 5.91 Å². The highest BCUT2D eigenvalue weighted by Crippen LogP contribution is 2.08. The molecule has 0 radical (unpaired) electrons. The van der Waals surface area contributed by atoms with E-state index < -0.39 is 6.10 Å². The van der Waals surface area contributed by atoms with Crippen molar-refractivity contribution in [2.75, 3.05) is 45.9 Å². The minimum absolute atomic E-state index is 0.0256. The highest BCUT2D eigenvalue weighted by atomic mass is 16.5. The molecule has 1 fully saturated rings. The zero-order valence-electron chi connectivity index (χ0n) is 12.4. The third-order valence-electron chi connectivity index (χ3n) is 3.55. The van der Waals surface area contributed by atoms with Gasteiger partial charge in [-0.05, 0) is 19.1 Å². The fraction of sp³-hybridized carbons (Fsp3) is 0.600. The Morgan fingerprint density at radius 1 is 1.43 bits per heavy atom. The van der Waals surface area contributed by atoms with E-state index in [2.05, 4.69) is 9.88 Å². The van der Waals surface area contributed by atoms with Gasteiger partial charge in [0, 0.05) is 51.7 Å². The molecule has 21 heavy (non-hydrogen) atoms. The molecule has 2 heterocycles. The van der Waals surface area contributed by atoms with Crippen LogP contribution in [0.1, 0.15) is 17.3 Å². The number of aliphatic hydroxyl groups excluding tert-OH is 1. The minimum Gasteiger partial charge on any atom is -0.389 e. The van der Waals surface area contributed by atoms with Gasteiger partial charge in [0.25, 0.3) is 5.91 Å². The first-order valence-electron chi connectivity index (χ1n) is 7.38. The Hall–Kier alpha value is -1.50. The van der Waals surface area contributed by atoms with Crippen LogP contribution in [0, 0.1) is 0 Å². The predicted octanol–water partition coefficient (Wildman–Crippen LogP) is 0.237. The number of amides is 1. The summed E-state index contributed by atoms with van der Waals surface area (Å²) in [4.78, 5) is 20.2. The smallest absolute Gasteiger partial charge is 0.255 e. The zero-order valence-corrected chi connectivity index (χ0v) is 12.4. The number of hydrogen-bond acceptors (Lipinski definition) is 5. The molecule has 0 bridgehead atoms. The predicted molar refractivity (Wildman–Crippen MR) is 79.1 cm³/mol. The van der Waals surface area contributed by atoms with E-state index in [1.54, 1.807) is 24.5 Å². The number of aliphatic hydroxyl groups is 1. The monoisotopic (exact) mass is 293 g/mol. The number of nitrogens with zero attached hydrogens (tertiary/aromatic N) is 3. The molecule has 116 valence electrons. The Bertz CT molecular complexity index is 433. The van der Waals surface area contributed by atoms with Crippen LogP contribution in [-0.2, 0) is 4.74 Å². The van der Waals surface area contributed by atoms with Gasteiger partial charge in [-0.25, -0.2) is 0 Å². The Kier molecular flexibility index (Phi) is 6.10. The topological polar surface area (TPSA) is 65.9 Å². The molecule has 1 N–H and O–H groups in total. The van der Waals surface area contributed by atoms with Crippen LogP contribution in [0.15, 0.2) is 24.5 Å². The molecule has 6 nitrogen and oxygen atoms in total. The fourth-order valence-electron chi connectivity index (χ4n) is 2.41. The summed E-state index contributed by atoms with van der Waals surface area (Å²) in [5.74, 6) is 0.0256. The summed E-state index contributed by atoms with van der Waals surface area (Å²) in [7, 11) is 0. The van der Waals surface area contributed by atoms with Crippen molar-refractivity contribution in [3.63, 3.8) is 0 Å². The molecule has 0 aromatic carbocycles. The molecule has 1 atom stereocenters. The van der Waals surface area contributed by atoms with E-state index in [0.29, 0.717) is 38.4 Å². The van der Waals surface area contributed by atoms with Gasteiger partial charge in [0.15, 0.2) is 0 Å². The summed E-state index contributed by atoms with van der Waals surface area (Å²) >= 11 is 0. The lowest BCUT2D eigenvalue weighted by Gasteiger charge is -2.35. The summed E-state index contributed by atoms with van der Waals surface area (Å²) in [6.45, 7) is 6.38. The Morgan fingerprint density at radius 2 is 2.19 bits per heavy atom. The molecule has 6 heteroatoms. The molecule has 1 amide bonds. The number of piperazine rings is 1. The second kappa shape index (κ2) is 8.07. The van der Waals surface area contributed by atoms with Crippen LogP contribution in [0.2, 0.25) is 0 Å². The number of carbonyl (C=O) groups excluding carboxylic acids is 1. The Labute approximate surface area is 125 Å². The summed E-state index contributed by atoms with van der Waals surface area (Å²) < 4.78 is 5.21. The third kappa shape index (κ3) is 4.77. The van der Waals surface area contributed by atoms with Crippen molar-refractivity contribution in [1.82, 2.24) is 14.8 Å². The standard InChI is InChI=1S/C15H23N3O3/c1-2-21-12-14(19)11-17-6-8-18(9-7-17)15(20)13-4-3-5-16-10-13/h3-5,10,14,19H,2,6-9,11-12H2,1H3/t14-/m0/s1. The third-order valence-corrected chi connectivity index (χ3v) is 3.55. The molecular formula is C15H23N3O3. The van der Waals surface area contributed by atoms with Gasteiger partial charge in [-0.1, -0.05) is 0 Å². The number of ether oxygens (including phenoxy) is 1. The molecule has 1 aromatic rings. The van der Waals surface area contributed by atoms with Crippen molar-refractivity contribution in [3.8, 4) is 0 Å². The largest absolute Gasteiger partial charge is 0.389 e. The van der Waals surface area contributed by atoms with Crippen LogP contribution in [0.5, 0.6) is 0 Å². The van der Waals surface area contributed by atoms with E-state index in [4.69, 9.17) is 4.74 Å². The summed E-state index contributed by atoms with van der Waals surface area (Å²) in [5, 5.41) is 9.83. The van der Waals surface area contributed by atoms with Gasteiger partial charge in [0.1, 0.15) is 0 Å². The van der Waals surface area contributed by atoms with Gasteiger partial charge in [-0.2, -0.15) is 0 Å². The molecule has 1 aromatic heterocycles. The zero-order chi connectivity index (χ0) is 15.1. The summed E-state index contributed by atoms with van der Waals surface area (Å²) in [6.07, 6.45) is 2.79. The normalized spacial score (nSPS) is 17.7. The van der Waals surface area contributed by atoms with Crippen molar-refractivity contribution in [2.45, 2.75) is 13.0 Å². The molecule has 1 saturated heterocycles. The van der Waals surface area contributed by atoms with Crippen LogP contribution in [0.25, 0.3) is 0 Å². The van der Waals surface area contributed by atoms with Gasteiger partial charge in [0.2, 0.25) is 0 Å². The highest BCUT2D eigenvalue weighted by Gasteiger charge is 2.23. The maximum absolute atomic E-state index is 12.3. The second-order valence-corrected chi connectivity index (χ2v) is 5.15. The average molecular weight is 293 g/mol. The Morgan fingerprint density at radius 3 is 2.81 bits per heavy atom. The lowest BCUT2D eigenvalue weighted by atomic mass is 10.2. The van der Waals surface area contributed by atoms with Crippen LogP contribution >= 0.6 is 0 Å². The Balaban J connectivity index is 1.77. The van der Waals surface area contributed by atoms with Crippen molar-refractivity contribution in [3.05, 3.63) is 30.1 Å². The maximum Gasteiger partial charge on any atom is 0.255 e. The first-order chi connectivity index (χ1) is 10.2. The second-order valence-electron chi connectivity index (χ2n) is 5.15. The highest BCUT2D eigenvalue weighted by molar-refractivity contribution is 5.93. The molecule has 0 aliphatic carbocycles. The number of pyridine rings is 1. The van der Waals surface area contributed by atoms with Crippen LogP contribution in [-0.4, -0.2) is 77.8 Å².